The Bertz CT molecular complexity index is 1100. The molecule has 0 aliphatic carbocycles. The van der Waals surface area contributed by atoms with Crippen LogP contribution < -0.4 is 15.4 Å². The van der Waals surface area contributed by atoms with Crippen molar-refractivity contribution >= 4 is 41.3 Å². The summed E-state index contributed by atoms with van der Waals surface area (Å²) in [5.74, 6) is 0.654. The van der Waals surface area contributed by atoms with E-state index in [1.165, 1.54) is 37.3 Å². The minimum Gasteiger partial charge on any atom is -0.497 e. The van der Waals surface area contributed by atoms with E-state index in [-0.39, 0.29) is 11.5 Å². The molecule has 0 saturated heterocycles. The summed E-state index contributed by atoms with van der Waals surface area (Å²) < 4.78 is 24.2. The van der Waals surface area contributed by atoms with Gasteiger partial charge in [-0.25, -0.2) is 4.39 Å². The molecule has 0 bridgehead atoms. The number of nitrogens with one attached hydrogen (secondary N) is 2. The number of benzene rings is 2. The number of amides is 2. The Balaban J connectivity index is 1.58. The van der Waals surface area contributed by atoms with E-state index in [0.29, 0.717) is 45.7 Å². The minimum atomic E-state index is -0.474. The first-order valence-corrected chi connectivity index (χ1v) is 11.5. The Morgan fingerprint density at radius 1 is 1.15 bits per heavy atom. The Kier molecular flexibility index (Phi) is 8.97. The van der Waals surface area contributed by atoms with Crippen molar-refractivity contribution in [2.75, 3.05) is 19.4 Å². The number of carbonyl (C=O) groups is 2. The summed E-state index contributed by atoms with van der Waals surface area (Å²) in [5.41, 5.74) is 0.833. The molecule has 1 heterocycles. The number of halogens is 2. The summed E-state index contributed by atoms with van der Waals surface area (Å²) in [5, 5.41) is 5.75. The maximum atomic E-state index is 13.8. The van der Waals surface area contributed by atoms with E-state index < -0.39 is 11.8 Å². The van der Waals surface area contributed by atoms with Crippen molar-refractivity contribution in [3.63, 3.8) is 0 Å². The van der Waals surface area contributed by atoms with Gasteiger partial charge in [0.1, 0.15) is 23.0 Å². The first-order chi connectivity index (χ1) is 16.0. The fourth-order valence-corrected chi connectivity index (χ4v) is 3.98. The molecule has 2 amide bonds. The molecule has 6 nitrogen and oxygen atoms in total. The van der Waals surface area contributed by atoms with Crippen molar-refractivity contribution in [1.82, 2.24) is 10.6 Å². The van der Waals surface area contributed by atoms with Crippen LogP contribution >= 0.6 is 23.4 Å². The lowest BCUT2D eigenvalue weighted by molar-refractivity contribution is -0.117. The quantitative estimate of drug-likeness (QED) is 0.313. The summed E-state index contributed by atoms with van der Waals surface area (Å²) >= 11 is 7.46. The fourth-order valence-electron chi connectivity index (χ4n) is 2.79. The van der Waals surface area contributed by atoms with Crippen molar-refractivity contribution in [2.24, 2.45) is 0 Å². The van der Waals surface area contributed by atoms with Gasteiger partial charge in [-0.1, -0.05) is 17.7 Å². The van der Waals surface area contributed by atoms with Gasteiger partial charge in [0, 0.05) is 40.3 Å². The number of ether oxygens (including phenoxy) is 1. The lowest BCUT2D eigenvalue weighted by Crippen LogP contribution is -2.35. The average Bonchev–Trinajstić information content (AvgIpc) is 3.33. The highest BCUT2D eigenvalue weighted by molar-refractivity contribution is 7.98. The Hall–Kier alpha value is -3.23. The SMILES string of the molecule is COc1ccc(C(=O)N/C(=C\c2ccco2)C(=O)NCCSCc2c(F)cccc2Cl)cc1. The number of hydrogen-bond donors (Lipinski definition) is 2. The molecule has 172 valence electrons. The lowest BCUT2D eigenvalue weighted by atomic mass is 10.2. The van der Waals surface area contributed by atoms with Crippen LogP contribution in [0.25, 0.3) is 6.08 Å². The summed E-state index contributed by atoms with van der Waals surface area (Å²) in [6.07, 6.45) is 2.92. The number of thioether (sulfide) groups is 1. The number of rotatable bonds is 10. The summed E-state index contributed by atoms with van der Waals surface area (Å²) in [4.78, 5) is 25.4. The molecule has 2 aromatic carbocycles. The maximum Gasteiger partial charge on any atom is 0.267 e. The molecule has 0 fully saturated rings. The standard InChI is InChI=1S/C24H22ClFN2O4S/c1-31-17-9-7-16(8-10-17)23(29)28-22(14-18-4-3-12-32-18)24(30)27-11-13-33-15-19-20(25)5-2-6-21(19)26/h2-10,12,14H,11,13,15H2,1H3,(H,27,30)(H,28,29)/b22-14-. The zero-order valence-corrected chi connectivity index (χ0v) is 19.3. The van der Waals surface area contributed by atoms with E-state index >= 15 is 0 Å². The molecule has 33 heavy (non-hydrogen) atoms. The smallest absolute Gasteiger partial charge is 0.267 e. The second-order valence-corrected chi connectivity index (χ2v) is 8.28. The van der Waals surface area contributed by atoms with Crippen LogP contribution in [0.3, 0.4) is 0 Å². The molecule has 9 heteroatoms. The van der Waals surface area contributed by atoms with Gasteiger partial charge in [-0.15, -0.1) is 0 Å². The van der Waals surface area contributed by atoms with E-state index in [4.69, 9.17) is 20.8 Å². The van der Waals surface area contributed by atoms with Gasteiger partial charge in [0.15, 0.2) is 0 Å². The topological polar surface area (TPSA) is 80.6 Å². The maximum absolute atomic E-state index is 13.8. The van der Waals surface area contributed by atoms with Gasteiger partial charge in [-0.05, 0) is 48.5 Å². The molecular weight excluding hydrogens is 467 g/mol. The second kappa shape index (κ2) is 12.1. The van der Waals surface area contributed by atoms with Gasteiger partial charge in [0.05, 0.1) is 13.4 Å². The van der Waals surface area contributed by atoms with Crippen LogP contribution in [0, 0.1) is 5.82 Å². The number of methoxy groups -OCH3 is 1. The van der Waals surface area contributed by atoms with E-state index in [1.807, 2.05) is 0 Å². The highest BCUT2D eigenvalue weighted by Crippen LogP contribution is 2.23. The third-order valence-corrected chi connectivity index (χ3v) is 5.85. The number of furan rings is 1. The first-order valence-electron chi connectivity index (χ1n) is 9.97. The van der Waals surface area contributed by atoms with E-state index in [1.54, 1.807) is 48.5 Å². The number of carbonyl (C=O) groups excluding carboxylic acids is 2. The van der Waals surface area contributed by atoms with E-state index in [0.717, 1.165) is 0 Å². The Morgan fingerprint density at radius 2 is 1.94 bits per heavy atom. The van der Waals surface area contributed by atoms with E-state index in [2.05, 4.69) is 10.6 Å². The van der Waals surface area contributed by atoms with Crippen LogP contribution in [-0.4, -0.2) is 31.2 Å². The molecule has 0 radical (unpaired) electrons. The normalized spacial score (nSPS) is 11.2. The zero-order valence-electron chi connectivity index (χ0n) is 17.8. The third-order valence-electron chi connectivity index (χ3n) is 4.51. The minimum absolute atomic E-state index is 0.0351. The highest BCUT2D eigenvalue weighted by Gasteiger charge is 2.15. The molecule has 2 N–H and O–H groups in total. The average molecular weight is 489 g/mol. The predicted molar refractivity (Wildman–Crippen MR) is 128 cm³/mol. The molecule has 0 unspecified atom stereocenters. The Morgan fingerprint density at radius 3 is 2.61 bits per heavy atom. The van der Waals surface area contributed by atoms with Gasteiger partial charge >= 0.3 is 0 Å². The van der Waals surface area contributed by atoms with Crippen LogP contribution in [-0.2, 0) is 10.5 Å². The molecule has 3 aromatic rings. The fraction of sp³-hybridized carbons (Fsp3) is 0.167. The molecular formula is C24H22ClFN2O4S. The molecule has 0 saturated carbocycles. The molecule has 3 rings (SSSR count). The molecule has 0 spiro atoms. The van der Waals surface area contributed by atoms with E-state index in [9.17, 15) is 14.0 Å². The highest BCUT2D eigenvalue weighted by atomic mass is 35.5. The third kappa shape index (κ3) is 7.13. The van der Waals surface area contributed by atoms with Crippen LogP contribution in [0.4, 0.5) is 4.39 Å². The largest absolute Gasteiger partial charge is 0.497 e. The second-order valence-electron chi connectivity index (χ2n) is 6.76. The monoisotopic (exact) mass is 488 g/mol. The van der Waals surface area contributed by atoms with Crippen molar-refractivity contribution in [2.45, 2.75) is 5.75 Å². The first kappa shape index (κ1) is 24.4. The van der Waals surface area contributed by atoms with Crippen molar-refractivity contribution in [3.8, 4) is 5.75 Å². The summed E-state index contributed by atoms with van der Waals surface area (Å²) in [7, 11) is 1.53. The molecule has 0 atom stereocenters. The number of hydrogen-bond acceptors (Lipinski definition) is 5. The van der Waals surface area contributed by atoms with Crippen molar-refractivity contribution in [3.05, 3.63) is 94.3 Å². The molecule has 1 aromatic heterocycles. The van der Waals surface area contributed by atoms with Crippen molar-refractivity contribution < 1.29 is 23.1 Å². The van der Waals surface area contributed by atoms with Crippen LogP contribution in [0.15, 0.2) is 71.0 Å². The summed E-state index contributed by atoms with van der Waals surface area (Å²) in [6, 6.07) is 14.4. The van der Waals surface area contributed by atoms with Gasteiger partial charge in [0.25, 0.3) is 11.8 Å². The Labute approximate surface area is 200 Å². The van der Waals surface area contributed by atoms with Gasteiger partial charge < -0.3 is 19.8 Å². The zero-order chi connectivity index (χ0) is 23.6. The van der Waals surface area contributed by atoms with Gasteiger partial charge in [-0.3, -0.25) is 9.59 Å². The predicted octanol–water partition coefficient (Wildman–Crippen LogP) is 4.90. The van der Waals surface area contributed by atoms with Crippen LogP contribution in [0.1, 0.15) is 21.7 Å². The summed E-state index contributed by atoms with van der Waals surface area (Å²) in [6.45, 7) is 0.309. The van der Waals surface area contributed by atoms with Crippen LogP contribution in [0.5, 0.6) is 5.75 Å². The molecule has 0 aliphatic heterocycles. The van der Waals surface area contributed by atoms with Gasteiger partial charge in [0.2, 0.25) is 0 Å². The van der Waals surface area contributed by atoms with Gasteiger partial charge in [-0.2, -0.15) is 11.8 Å². The lowest BCUT2D eigenvalue weighted by Gasteiger charge is -2.11. The molecule has 0 aliphatic rings. The van der Waals surface area contributed by atoms with Crippen molar-refractivity contribution in [1.29, 1.82) is 0 Å². The van der Waals surface area contributed by atoms with Crippen LogP contribution in [0.2, 0.25) is 5.02 Å².